The monoisotopic (exact) mass is 458 g/mol. The molecule has 1 atom stereocenters. The molecule has 2 aliphatic rings. The van der Waals surface area contributed by atoms with E-state index in [0.717, 1.165) is 42.4 Å². The number of nitrogens with zero attached hydrogens (tertiary/aromatic N) is 3. The number of halogens is 1. The zero-order chi connectivity index (χ0) is 24.7. The Kier molecular flexibility index (Phi) is 6.41. The van der Waals surface area contributed by atoms with Gasteiger partial charge in [-0.1, -0.05) is 12.1 Å². The van der Waals surface area contributed by atoms with Crippen molar-refractivity contribution in [2.75, 3.05) is 0 Å². The maximum absolute atomic E-state index is 14.2. The smallest absolute Gasteiger partial charge is 0.181 e. The van der Waals surface area contributed by atoms with Gasteiger partial charge in [0.25, 0.3) is 0 Å². The highest BCUT2D eigenvalue weighted by Crippen LogP contribution is 2.48. The zero-order valence-electron chi connectivity index (χ0n) is 20.1. The second-order valence-electron chi connectivity index (χ2n) is 9.83. The molecule has 0 saturated heterocycles. The highest BCUT2D eigenvalue weighted by molar-refractivity contribution is 6.41. The summed E-state index contributed by atoms with van der Waals surface area (Å²) in [6.07, 6.45) is 3.18. The van der Waals surface area contributed by atoms with E-state index in [1.54, 1.807) is 21.8 Å². The third-order valence-corrected chi connectivity index (χ3v) is 6.69. The maximum atomic E-state index is 14.2. The van der Waals surface area contributed by atoms with Crippen LogP contribution in [-0.4, -0.2) is 44.0 Å². The molecule has 0 spiro atoms. The molecule has 2 aromatic carbocycles. The van der Waals surface area contributed by atoms with Gasteiger partial charge in [-0.3, -0.25) is 4.99 Å². The van der Waals surface area contributed by atoms with Gasteiger partial charge in [0.15, 0.2) is 21.4 Å². The van der Waals surface area contributed by atoms with Crippen LogP contribution < -0.4 is 5.73 Å². The van der Waals surface area contributed by atoms with Gasteiger partial charge in [-0.25, -0.2) is 9.38 Å². The molecule has 1 aliphatic carbocycles. The Morgan fingerprint density at radius 2 is 1.82 bits per heavy atom. The van der Waals surface area contributed by atoms with E-state index < -0.39 is 17.1 Å². The van der Waals surface area contributed by atoms with Gasteiger partial charge in [-0.15, -0.1) is 0 Å². The minimum atomic E-state index is -1.17. The molecule has 9 heteroatoms. The van der Waals surface area contributed by atoms with Crippen molar-refractivity contribution in [3.05, 3.63) is 58.9 Å². The topological polar surface area (TPSA) is 104 Å². The van der Waals surface area contributed by atoms with Gasteiger partial charge in [-0.2, -0.15) is 5.26 Å². The maximum Gasteiger partial charge on any atom is 0.181 e. The van der Waals surface area contributed by atoms with Crippen molar-refractivity contribution in [3.8, 4) is 17.2 Å². The molecule has 1 heterocycles. The van der Waals surface area contributed by atoms with E-state index in [4.69, 9.17) is 20.5 Å². The molecule has 6 nitrogen and oxygen atoms in total. The highest BCUT2D eigenvalue weighted by Gasteiger charge is 2.46. The number of ether oxygens (including phenoxy) is 1. The Morgan fingerprint density at radius 1 is 1.12 bits per heavy atom. The fourth-order valence-corrected chi connectivity index (χ4v) is 5.14. The predicted molar refractivity (Wildman–Crippen MR) is 137 cm³/mol. The van der Waals surface area contributed by atoms with Crippen molar-refractivity contribution in [1.82, 2.24) is 0 Å². The Balaban J connectivity index is 1.75. The van der Waals surface area contributed by atoms with E-state index in [1.165, 1.54) is 12.1 Å². The van der Waals surface area contributed by atoms with Crippen LogP contribution in [0, 0.1) is 30.0 Å². The number of rotatable bonds is 5. The summed E-state index contributed by atoms with van der Waals surface area (Å²) in [5.41, 5.74) is 8.56. The van der Waals surface area contributed by atoms with Crippen LogP contribution in [0.2, 0.25) is 0 Å². The molecule has 174 valence electrons. The number of nitrogens with two attached hydrogens (primary N) is 1. The van der Waals surface area contributed by atoms with Crippen molar-refractivity contribution in [2.24, 2.45) is 21.6 Å². The minimum Gasteiger partial charge on any atom is -0.382 e. The summed E-state index contributed by atoms with van der Waals surface area (Å²) in [6.45, 7) is 3.89. The molecule has 0 aromatic heterocycles. The van der Waals surface area contributed by atoms with E-state index in [-0.39, 0.29) is 17.6 Å². The Hall–Kier alpha value is -2.95. The molecule has 0 bridgehead atoms. The number of aryl methyl sites for hydroxylation is 1. The van der Waals surface area contributed by atoms with E-state index in [9.17, 15) is 14.8 Å². The zero-order valence-corrected chi connectivity index (χ0v) is 20.1. The summed E-state index contributed by atoms with van der Waals surface area (Å²) in [5, 5.41) is 19.3. The lowest BCUT2D eigenvalue weighted by Crippen LogP contribution is -2.41. The number of aliphatic hydroxyl groups is 1. The van der Waals surface area contributed by atoms with Crippen LogP contribution in [0.1, 0.15) is 49.3 Å². The second-order valence-corrected chi connectivity index (χ2v) is 9.83. The molecular formula is C25H29B2FN4O2. The lowest BCUT2D eigenvalue weighted by Gasteiger charge is -2.40. The van der Waals surface area contributed by atoms with Crippen molar-refractivity contribution in [1.29, 1.82) is 5.26 Å². The molecule has 0 amide bonds. The largest absolute Gasteiger partial charge is 0.382 e. The van der Waals surface area contributed by atoms with E-state index >= 15 is 0 Å². The summed E-state index contributed by atoms with van der Waals surface area (Å²) in [6, 6.07) is 12.3. The molecule has 1 aliphatic heterocycles. The average molecular weight is 458 g/mol. The quantitative estimate of drug-likeness (QED) is 0.529. The highest BCUT2D eigenvalue weighted by atomic mass is 19.1. The first kappa shape index (κ1) is 24.2. The Morgan fingerprint density at radius 3 is 2.41 bits per heavy atom. The second kappa shape index (κ2) is 9.01. The van der Waals surface area contributed by atoms with Crippen molar-refractivity contribution in [2.45, 2.75) is 56.9 Å². The van der Waals surface area contributed by atoms with Gasteiger partial charge in [0.2, 0.25) is 0 Å². The molecule has 2 aromatic rings. The van der Waals surface area contributed by atoms with Crippen molar-refractivity contribution >= 4 is 27.2 Å². The predicted octanol–water partition coefficient (Wildman–Crippen LogP) is 2.10. The number of benzene rings is 2. The van der Waals surface area contributed by atoms with E-state index in [2.05, 4.69) is 0 Å². The molecule has 3 N–H and O–H groups in total. The molecule has 1 fully saturated rings. The summed E-state index contributed by atoms with van der Waals surface area (Å²) >= 11 is 0. The fraction of sp³-hybridized carbons (Fsp3) is 0.400. The van der Waals surface area contributed by atoms with E-state index in [1.807, 2.05) is 38.1 Å². The van der Waals surface area contributed by atoms with Crippen LogP contribution in [0.15, 0.2) is 46.4 Å². The average Bonchev–Trinajstić information content (AvgIpc) is 3.08. The third kappa shape index (κ3) is 4.79. The van der Waals surface area contributed by atoms with Gasteiger partial charge in [-0.05, 0) is 80.5 Å². The van der Waals surface area contributed by atoms with Crippen LogP contribution in [0.3, 0.4) is 0 Å². The fourth-order valence-electron chi connectivity index (χ4n) is 5.14. The molecule has 1 saturated carbocycles. The van der Waals surface area contributed by atoms with Gasteiger partial charge in [0.1, 0.15) is 11.7 Å². The lowest BCUT2D eigenvalue weighted by molar-refractivity contribution is -0.129. The SMILES string of the molecule is BC(B)(O)OC1CCC(C2(c3cc(-c4cc(F)cc(C#N)c4)ccc3C)N=C(C)C(N)=N2)CC1. The van der Waals surface area contributed by atoms with Crippen molar-refractivity contribution in [3.63, 3.8) is 0 Å². The Bertz CT molecular complexity index is 1190. The van der Waals surface area contributed by atoms with E-state index in [0.29, 0.717) is 17.1 Å². The molecule has 34 heavy (non-hydrogen) atoms. The normalized spacial score (nSPS) is 24.9. The third-order valence-electron chi connectivity index (χ3n) is 6.69. The number of hydrogen-bond donors (Lipinski definition) is 2. The number of hydrogen-bond acceptors (Lipinski definition) is 6. The Labute approximate surface area is 201 Å². The van der Waals surface area contributed by atoms with Crippen LogP contribution in [0.25, 0.3) is 11.1 Å². The van der Waals surface area contributed by atoms with Crippen LogP contribution >= 0.6 is 0 Å². The lowest BCUT2D eigenvalue weighted by atomic mass is 9.73. The van der Waals surface area contributed by atoms with Gasteiger partial charge < -0.3 is 15.6 Å². The van der Waals surface area contributed by atoms with Crippen LogP contribution in [-0.2, 0) is 10.4 Å². The van der Waals surface area contributed by atoms with Crippen LogP contribution in [0.5, 0.6) is 0 Å². The number of nitriles is 1. The summed E-state index contributed by atoms with van der Waals surface area (Å²) in [4.78, 5) is 9.93. The number of aliphatic imine (C=N–C) groups is 2. The summed E-state index contributed by atoms with van der Waals surface area (Å²) in [7, 11) is 3.30. The van der Waals surface area contributed by atoms with Crippen molar-refractivity contribution < 1.29 is 14.2 Å². The van der Waals surface area contributed by atoms with Crippen LogP contribution in [0.4, 0.5) is 4.39 Å². The standard InChI is InChI=1S/C25H29B2FN4O2/c1-14-3-4-17(18-9-16(13-29)10-20(28)11-18)12-22(14)24(31-15(2)23(30)32-24)19-5-7-21(8-6-19)34-25(26,27)33/h3-4,9-12,19,21,33H,5-8,26-27H2,1-2H3,(H2,30,32). The van der Waals surface area contributed by atoms with Gasteiger partial charge >= 0.3 is 0 Å². The first-order valence-corrected chi connectivity index (χ1v) is 11.7. The minimum absolute atomic E-state index is 0.0229. The molecule has 0 radical (unpaired) electrons. The van der Waals surface area contributed by atoms with Gasteiger partial charge in [0.05, 0.1) is 29.0 Å². The summed E-state index contributed by atoms with van der Waals surface area (Å²) < 4.78 is 20.0. The van der Waals surface area contributed by atoms with Gasteiger partial charge in [0, 0.05) is 11.5 Å². The first-order valence-electron chi connectivity index (χ1n) is 11.7. The molecular weight excluding hydrogens is 429 g/mol. The first-order chi connectivity index (χ1) is 16.0. The summed E-state index contributed by atoms with van der Waals surface area (Å²) in [5.74, 6) is 0.0755. The number of amidine groups is 1. The molecule has 1 unspecified atom stereocenters. The molecule has 4 rings (SSSR count).